The second kappa shape index (κ2) is 9.35. The molecule has 8 nitrogen and oxygen atoms in total. The molecule has 3 N–H and O–H groups in total. The summed E-state index contributed by atoms with van der Waals surface area (Å²) in [6.45, 7) is 5.23. The normalized spacial score (nSPS) is 19.0. The highest BCUT2D eigenvalue weighted by molar-refractivity contribution is 6.30. The quantitative estimate of drug-likeness (QED) is 0.765. The number of nitrogens with one attached hydrogen (secondary N) is 1. The lowest BCUT2D eigenvalue weighted by Crippen LogP contribution is -2.56. The SMILES string of the molecule is CC(NC(=O)N1CCN(c2cccc(Cl)c2)CC1)C(=O)N1CCC(C(N)=O)CC1. The molecular formula is C20H28ClN5O3. The summed E-state index contributed by atoms with van der Waals surface area (Å²) in [5, 5.41) is 3.50. The first-order valence-electron chi connectivity index (χ1n) is 9.99. The van der Waals surface area contributed by atoms with Crippen LogP contribution >= 0.6 is 11.6 Å². The van der Waals surface area contributed by atoms with Gasteiger partial charge >= 0.3 is 6.03 Å². The van der Waals surface area contributed by atoms with E-state index in [1.807, 2.05) is 24.3 Å². The first-order chi connectivity index (χ1) is 13.8. The fraction of sp³-hybridized carbons (Fsp3) is 0.550. The van der Waals surface area contributed by atoms with Crippen LogP contribution in [0.3, 0.4) is 0 Å². The number of likely N-dealkylation sites (tertiary alicyclic amines) is 1. The lowest BCUT2D eigenvalue weighted by atomic mass is 9.96. The Morgan fingerprint density at radius 3 is 2.31 bits per heavy atom. The predicted molar refractivity (Wildman–Crippen MR) is 112 cm³/mol. The number of carbonyl (C=O) groups is 3. The van der Waals surface area contributed by atoms with Gasteiger partial charge < -0.3 is 25.8 Å². The average Bonchev–Trinajstić information content (AvgIpc) is 2.73. The van der Waals surface area contributed by atoms with E-state index in [4.69, 9.17) is 17.3 Å². The Hall–Kier alpha value is -2.48. The van der Waals surface area contributed by atoms with Gasteiger partial charge in [0.05, 0.1) is 0 Å². The minimum atomic E-state index is -0.612. The van der Waals surface area contributed by atoms with Crippen molar-refractivity contribution in [1.82, 2.24) is 15.1 Å². The van der Waals surface area contributed by atoms with E-state index >= 15 is 0 Å². The van der Waals surface area contributed by atoms with Crippen molar-refractivity contribution >= 4 is 35.1 Å². The Bertz CT molecular complexity index is 758. The Labute approximate surface area is 175 Å². The summed E-state index contributed by atoms with van der Waals surface area (Å²) in [5.41, 5.74) is 6.38. The molecule has 9 heteroatoms. The maximum atomic E-state index is 12.6. The van der Waals surface area contributed by atoms with Crippen LogP contribution in [0.1, 0.15) is 19.8 Å². The van der Waals surface area contributed by atoms with E-state index in [1.165, 1.54) is 0 Å². The number of primary amides is 1. The standard InChI is InChI=1S/C20H28ClN5O3/c1-14(19(28)25-7-5-15(6-8-25)18(22)27)23-20(29)26-11-9-24(10-12-26)17-4-2-3-16(21)13-17/h2-4,13-15H,5-12H2,1H3,(H2,22,27)(H,23,29). The van der Waals surface area contributed by atoms with Crippen LogP contribution in [0.5, 0.6) is 0 Å². The second-order valence-electron chi connectivity index (χ2n) is 7.63. The highest BCUT2D eigenvalue weighted by atomic mass is 35.5. The van der Waals surface area contributed by atoms with Crippen LogP contribution < -0.4 is 16.0 Å². The number of hydrogen-bond donors (Lipinski definition) is 2. The van der Waals surface area contributed by atoms with E-state index in [2.05, 4.69) is 10.2 Å². The molecule has 2 aliphatic heterocycles. The van der Waals surface area contributed by atoms with Crippen molar-refractivity contribution in [2.24, 2.45) is 11.7 Å². The smallest absolute Gasteiger partial charge is 0.318 e. The summed E-state index contributed by atoms with van der Waals surface area (Å²) < 4.78 is 0. The first-order valence-corrected chi connectivity index (χ1v) is 10.4. The van der Waals surface area contributed by atoms with Crippen LogP contribution in [-0.4, -0.2) is 73.0 Å². The van der Waals surface area contributed by atoms with Crippen molar-refractivity contribution in [2.75, 3.05) is 44.2 Å². The van der Waals surface area contributed by atoms with Crippen LogP contribution in [0, 0.1) is 5.92 Å². The van der Waals surface area contributed by atoms with Crippen molar-refractivity contribution in [3.8, 4) is 0 Å². The van der Waals surface area contributed by atoms with Crippen molar-refractivity contribution < 1.29 is 14.4 Å². The lowest BCUT2D eigenvalue weighted by molar-refractivity contribution is -0.136. The number of benzene rings is 1. The molecule has 3 rings (SSSR count). The molecule has 2 fully saturated rings. The van der Waals surface area contributed by atoms with Gasteiger partial charge in [-0.25, -0.2) is 4.79 Å². The molecule has 158 valence electrons. The Morgan fingerprint density at radius 2 is 1.72 bits per heavy atom. The van der Waals surface area contributed by atoms with Gasteiger partial charge in [0, 0.05) is 55.9 Å². The molecule has 0 spiro atoms. The molecule has 0 aromatic heterocycles. The first kappa shape index (κ1) is 21.2. The molecule has 1 aromatic carbocycles. The third-order valence-electron chi connectivity index (χ3n) is 5.66. The third kappa shape index (κ3) is 5.32. The van der Waals surface area contributed by atoms with Crippen LogP contribution in [0.4, 0.5) is 10.5 Å². The van der Waals surface area contributed by atoms with Gasteiger partial charge in [0.25, 0.3) is 0 Å². The van der Waals surface area contributed by atoms with E-state index in [0.29, 0.717) is 57.1 Å². The Morgan fingerprint density at radius 1 is 1.07 bits per heavy atom. The summed E-state index contributed by atoms with van der Waals surface area (Å²) in [4.78, 5) is 42.1. The number of halogens is 1. The molecule has 0 radical (unpaired) electrons. The molecule has 1 atom stereocenters. The second-order valence-corrected chi connectivity index (χ2v) is 8.06. The summed E-state index contributed by atoms with van der Waals surface area (Å²) in [7, 11) is 0. The number of hydrogen-bond acceptors (Lipinski definition) is 4. The van der Waals surface area contributed by atoms with E-state index < -0.39 is 6.04 Å². The van der Waals surface area contributed by atoms with Crippen LogP contribution in [0.25, 0.3) is 0 Å². The van der Waals surface area contributed by atoms with E-state index in [9.17, 15) is 14.4 Å². The number of amides is 4. The number of anilines is 1. The number of urea groups is 1. The molecule has 1 aromatic rings. The summed E-state index contributed by atoms with van der Waals surface area (Å²) in [6.07, 6.45) is 1.15. The van der Waals surface area contributed by atoms with Crippen molar-refractivity contribution in [2.45, 2.75) is 25.8 Å². The van der Waals surface area contributed by atoms with Crippen LogP contribution in [0.15, 0.2) is 24.3 Å². The van der Waals surface area contributed by atoms with Crippen LogP contribution in [0.2, 0.25) is 5.02 Å². The maximum absolute atomic E-state index is 12.6. The minimum Gasteiger partial charge on any atom is -0.369 e. The highest BCUT2D eigenvalue weighted by Crippen LogP contribution is 2.21. The van der Waals surface area contributed by atoms with Crippen molar-refractivity contribution in [1.29, 1.82) is 0 Å². The largest absolute Gasteiger partial charge is 0.369 e. The number of carbonyl (C=O) groups excluding carboxylic acids is 3. The van der Waals surface area contributed by atoms with Crippen molar-refractivity contribution in [3.63, 3.8) is 0 Å². The summed E-state index contributed by atoms with van der Waals surface area (Å²) in [6, 6.07) is 6.82. The van der Waals surface area contributed by atoms with E-state index in [-0.39, 0.29) is 23.8 Å². The fourth-order valence-electron chi connectivity index (χ4n) is 3.84. The number of rotatable bonds is 4. The van der Waals surface area contributed by atoms with Gasteiger partial charge in [-0.1, -0.05) is 17.7 Å². The zero-order chi connectivity index (χ0) is 21.0. The van der Waals surface area contributed by atoms with Crippen LogP contribution in [-0.2, 0) is 9.59 Å². The van der Waals surface area contributed by atoms with Gasteiger partial charge in [-0.15, -0.1) is 0 Å². The molecule has 0 aliphatic carbocycles. The number of nitrogens with two attached hydrogens (primary N) is 1. The molecule has 4 amide bonds. The molecule has 1 unspecified atom stereocenters. The van der Waals surface area contributed by atoms with Gasteiger partial charge in [0.15, 0.2) is 0 Å². The van der Waals surface area contributed by atoms with Gasteiger partial charge in [-0.2, -0.15) is 0 Å². The number of piperazine rings is 1. The van der Waals surface area contributed by atoms with Gasteiger partial charge in [-0.05, 0) is 38.0 Å². The molecule has 2 aliphatic rings. The van der Waals surface area contributed by atoms with Crippen molar-refractivity contribution in [3.05, 3.63) is 29.3 Å². The number of nitrogens with zero attached hydrogens (tertiary/aromatic N) is 3. The highest BCUT2D eigenvalue weighted by Gasteiger charge is 2.30. The molecule has 2 saturated heterocycles. The van der Waals surface area contributed by atoms with E-state index in [0.717, 1.165) is 5.69 Å². The zero-order valence-electron chi connectivity index (χ0n) is 16.6. The molecular weight excluding hydrogens is 394 g/mol. The maximum Gasteiger partial charge on any atom is 0.318 e. The molecule has 0 saturated carbocycles. The minimum absolute atomic E-state index is 0.126. The topological polar surface area (TPSA) is 99.0 Å². The Kier molecular flexibility index (Phi) is 6.84. The average molecular weight is 422 g/mol. The van der Waals surface area contributed by atoms with E-state index in [1.54, 1.807) is 16.7 Å². The predicted octanol–water partition coefficient (Wildman–Crippen LogP) is 1.28. The third-order valence-corrected chi connectivity index (χ3v) is 5.89. The number of piperidine rings is 1. The Balaban J connectivity index is 1.45. The molecule has 29 heavy (non-hydrogen) atoms. The summed E-state index contributed by atoms with van der Waals surface area (Å²) in [5.74, 6) is -0.603. The van der Waals surface area contributed by atoms with Gasteiger partial charge in [0.2, 0.25) is 11.8 Å². The molecule has 2 heterocycles. The monoisotopic (exact) mass is 421 g/mol. The van der Waals surface area contributed by atoms with Gasteiger partial charge in [0.1, 0.15) is 6.04 Å². The zero-order valence-corrected chi connectivity index (χ0v) is 17.4. The van der Waals surface area contributed by atoms with Gasteiger partial charge in [-0.3, -0.25) is 9.59 Å². The lowest BCUT2D eigenvalue weighted by Gasteiger charge is -2.37. The summed E-state index contributed by atoms with van der Waals surface area (Å²) >= 11 is 6.06. The fourth-order valence-corrected chi connectivity index (χ4v) is 4.02. The molecule has 0 bridgehead atoms.